The minimum atomic E-state index is 0.257. The summed E-state index contributed by atoms with van der Waals surface area (Å²) in [5.41, 5.74) is 0.257. The highest BCUT2D eigenvalue weighted by molar-refractivity contribution is 4.91. The third-order valence-electron chi connectivity index (χ3n) is 3.84. The van der Waals surface area contributed by atoms with Crippen molar-refractivity contribution >= 4 is 0 Å². The Kier molecular flexibility index (Phi) is 6.26. The Bertz CT molecular complexity index is 216. The van der Waals surface area contributed by atoms with Crippen LogP contribution in [0.15, 0.2) is 12.2 Å². The Labute approximate surface area is 108 Å². The molecule has 17 heavy (non-hydrogen) atoms. The largest absolute Gasteiger partial charge is 0.312 e. The maximum Gasteiger partial charge on any atom is 0.00966 e. The van der Waals surface area contributed by atoms with Gasteiger partial charge in [-0.2, -0.15) is 0 Å². The van der Waals surface area contributed by atoms with E-state index in [2.05, 4.69) is 45.2 Å². The molecular formula is C16H31N. The van der Waals surface area contributed by atoms with Crippen LogP contribution in [0.2, 0.25) is 0 Å². The molecule has 1 nitrogen and oxygen atoms in total. The average Bonchev–Trinajstić information content (AvgIpc) is 2.28. The van der Waals surface area contributed by atoms with Crippen molar-refractivity contribution in [2.24, 2.45) is 11.8 Å². The topological polar surface area (TPSA) is 12.0 Å². The fraction of sp³-hybridized carbons (Fsp3) is 0.875. The van der Waals surface area contributed by atoms with Gasteiger partial charge in [-0.05, 0) is 71.3 Å². The monoisotopic (exact) mass is 237 g/mol. The van der Waals surface area contributed by atoms with Crippen LogP contribution in [0.1, 0.15) is 66.2 Å². The van der Waals surface area contributed by atoms with Crippen LogP contribution in [0, 0.1) is 11.8 Å². The van der Waals surface area contributed by atoms with Crippen LogP contribution in [0.25, 0.3) is 0 Å². The van der Waals surface area contributed by atoms with Crippen LogP contribution in [-0.2, 0) is 0 Å². The highest BCUT2D eigenvalue weighted by Gasteiger charge is 2.17. The van der Waals surface area contributed by atoms with E-state index < -0.39 is 0 Å². The van der Waals surface area contributed by atoms with Gasteiger partial charge in [-0.1, -0.05) is 25.5 Å². The molecule has 0 saturated heterocycles. The van der Waals surface area contributed by atoms with Crippen molar-refractivity contribution in [3.8, 4) is 0 Å². The Morgan fingerprint density at radius 3 is 2.29 bits per heavy atom. The van der Waals surface area contributed by atoms with E-state index in [4.69, 9.17) is 0 Å². The molecule has 1 aliphatic carbocycles. The summed E-state index contributed by atoms with van der Waals surface area (Å²) in [7, 11) is 0. The van der Waals surface area contributed by atoms with Gasteiger partial charge in [0.25, 0.3) is 0 Å². The van der Waals surface area contributed by atoms with Crippen LogP contribution in [0.4, 0.5) is 0 Å². The number of hydrogen-bond acceptors (Lipinski definition) is 1. The van der Waals surface area contributed by atoms with Gasteiger partial charge in [0.15, 0.2) is 0 Å². The van der Waals surface area contributed by atoms with Gasteiger partial charge in [0, 0.05) is 5.54 Å². The van der Waals surface area contributed by atoms with Gasteiger partial charge in [-0.25, -0.2) is 0 Å². The standard InChI is InChI=1S/C16H31N/c1-5-14-9-11-15(12-10-14)8-6-7-13-17-16(2,3)4/h6,8,14-15,17H,5,7,9-13H2,1-4H3/b8-6+. The molecule has 0 atom stereocenters. The van der Waals surface area contributed by atoms with Gasteiger partial charge in [-0.3, -0.25) is 0 Å². The summed E-state index contributed by atoms with van der Waals surface area (Å²) in [6, 6.07) is 0. The summed E-state index contributed by atoms with van der Waals surface area (Å²) < 4.78 is 0. The number of allylic oxidation sites excluding steroid dienone is 1. The first-order valence-corrected chi connectivity index (χ1v) is 7.43. The zero-order valence-electron chi connectivity index (χ0n) is 12.3. The molecule has 100 valence electrons. The molecule has 1 aliphatic rings. The van der Waals surface area contributed by atoms with E-state index in [9.17, 15) is 0 Å². The predicted molar refractivity (Wildman–Crippen MR) is 77.3 cm³/mol. The van der Waals surface area contributed by atoms with E-state index in [1.54, 1.807) is 0 Å². The molecule has 0 unspecified atom stereocenters. The average molecular weight is 237 g/mol. The Hall–Kier alpha value is -0.300. The summed E-state index contributed by atoms with van der Waals surface area (Å²) in [5, 5.41) is 3.52. The highest BCUT2D eigenvalue weighted by atomic mass is 14.9. The lowest BCUT2D eigenvalue weighted by Crippen LogP contribution is -2.36. The molecule has 1 saturated carbocycles. The molecule has 0 aliphatic heterocycles. The van der Waals surface area contributed by atoms with Crippen molar-refractivity contribution in [3.63, 3.8) is 0 Å². The lowest BCUT2D eigenvalue weighted by molar-refractivity contribution is 0.303. The molecule has 1 rings (SSSR count). The predicted octanol–water partition coefficient (Wildman–Crippen LogP) is 4.54. The van der Waals surface area contributed by atoms with Gasteiger partial charge in [-0.15, -0.1) is 0 Å². The molecule has 0 aromatic carbocycles. The summed E-state index contributed by atoms with van der Waals surface area (Å²) in [5.74, 6) is 1.88. The SMILES string of the molecule is CCC1CCC(/C=C/CCNC(C)(C)C)CC1. The van der Waals surface area contributed by atoms with E-state index in [0.29, 0.717) is 0 Å². The summed E-state index contributed by atoms with van der Waals surface area (Å²) in [4.78, 5) is 0. The fourth-order valence-electron chi connectivity index (χ4n) is 2.61. The smallest absolute Gasteiger partial charge is 0.00966 e. The third kappa shape index (κ3) is 6.88. The van der Waals surface area contributed by atoms with Crippen molar-refractivity contribution < 1.29 is 0 Å². The molecule has 1 N–H and O–H groups in total. The van der Waals surface area contributed by atoms with Crippen molar-refractivity contribution in [2.75, 3.05) is 6.54 Å². The van der Waals surface area contributed by atoms with Crippen LogP contribution in [0.3, 0.4) is 0 Å². The second kappa shape index (κ2) is 7.20. The quantitative estimate of drug-likeness (QED) is 0.547. The number of hydrogen-bond donors (Lipinski definition) is 1. The van der Waals surface area contributed by atoms with Crippen LogP contribution < -0.4 is 5.32 Å². The van der Waals surface area contributed by atoms with Gasteiger partial charge in [0.1, 0.15) is 0 Å². The van der Waals surface area contributed by atoms with Crippen molar-refractivity contribution in [1.29, 1.82) is 0 Å². The highest BCUT2D eigenvalue weighted by Crippen LogP contribution is 2.31. The molecule has 1 heteroatoms. The minimum Gasteiger partial charge on any atom is -0.312 e. The zero-order chi connectivity index (χ0) is 12.7. The lowest BCUT2D eigenvalue weighted by atomic mass is 9.81. The fourth-order valence-corrected chi connectivity index (χ4v) is 2.61. The zero-order valence-corrected chi connectivity index (χ0v) is 12.3. The van der Waals surface area contributed by atoms with Crippen LogP contribution in [0.5, 0.6) is 0 Å². The molecule has 0 radical (unpaired) electrons. The molecule has 0 aromatic heterocycles. The van der Waals surface area contributed by atoms with E-state index in [-0.39, 0.29) is 5.54 Å². The minimum absolute atomic E-state index is 0.257. The van der Waals surface area contributed by atoms with Gasteiger partial charge in [0.2, 0.25) is 0 Å². The lowest BCUT2D eigenvalue weighted by Gasteiger charge is -2.25. The molecule has 0 spiro atoms. The molecule has 0 amide bonds. The Morgan fingerprint density at radius 1 is 1.12 bits per heavy atom. The van der Waals surface area contributed by atoms with Crippen molar-refractivity contribution in [3.05, 3.63) is 12.2 Å². The maximum absolute atomic E-state index is 3.52. The molecule has 0 heterocycles. The van der Waals surface area contributed by atoms with E-state index in [0.717, 1.165) is 18.4 Å². The molecular weight excluding hydrogens is 206 g/mol. The molecule has 0 aromatic rings. The van der Waals surface area contributed by atoms with E-state index >= 15 is 0 Å². The first-order valence-electron chi connectivity index (χ1n) is 7.43. The first kappa shape index (κ1) is 14.8. The molecule has 1 fully saturated rings. The van der Waals surface area contributed by atoms with Crippen LogP contribution >= 0.6 is 0 Å². The second-order valence-corrected chi connectivity index (χ2v) is 6.58. The molecule has 0 bridgehead atoms. The normalized spacial score (nSPS) is 26.6. The second-order valence-electron chi connectivity index (χ2n) is 6.58. The number of nitrogens with one attached hydrogen (secondary N) is 1. The third-order valence-corrected chi connectivity index (χ3v) is 3.84. The van der Waals surface area contributed by atoms with Gasteiger partial charge in [0.05, 0.1) is 0 Å². The first-order chi connectivity index (χ1) is 8.01. The van der Waals surface area contributed by atoms with Crippen molar-refractivity contribution in [1.82, 2.24) is 5.32 Å². The summed E-state index contributed by atoms with van der Waals surface area (Å²) >= 11 is 0. The van der Waals surface area contributed by atoms with Gasteiger partial charge >= 0.3 is 0 Å². The van der Waals surface area contributed by atoms with Gasteiger partial charge < -0.3 is 5.32 Å². The van der Waals surface area contributed by atoms with E-state index in [1.165, 1.54) is 38.5 Å². The van der Waals surface area contributed by atoms with E-state index in [1.807, 2.05) is 0 Å². The van der Waals surface area contributed by atoms with Crippen LogP contribution in [-0.4, -0.2) is 12.1 Å². The Morgan fingerprint density at radius 2 is 1.76 bits per heavy atom. The summed E-state index contributed by atoms with van der Waals surface area (Å²) in [6.07, 6.45) is 13.1. The Balaban J connectivity index is 2.09. The van der Waals surface area contributed by atoms with Crippen molar-refractivity contribution in [2.45, 2.75) is 71.8 Å². The summed E-state index contributed by atoms with van der Waals surface area (Å²) in [6.45, 7) is 10.1. The number of rotatable bonds is 5. The maximum atomic E-state index is 3.52.